The first kappa shape index (κ1) is 8.95. The summed E-state index contributed by atoms with van der Waals surface area (Å²) in [5.41, 5.74) is 2.92. The molecule has 13 heavy (non-hydrogen) atoms. The van der Waals surface area contributed by atoms with E-state index >= 15 is 0 Å². The lowest BCUT2D eigenvalue weighted by Gasteiger charge is -2.19. The van der Waals surface area contributed by atoms with Crippen LogP contribution in [0.15, 0.2) is 24.3 Å². The zero-order chi connectivity index (χ0) is 9.10. The maximum absolute atomic E-state index is 2.48. The van der Waals surface area contributed by atoms with Crippen LogP contribution in [0.25, 0.3) is 0 Å². The van der Waals surface area contributed by atoms with E-state index < -0.39 is 0 Å². The molecule has 2 heteroatoms. The predicted molar refractivity (Wildman–Crippen MR) is 60.5 cm³/mol. The molecule has 1 aromatic carbocycles. The van der Waals surface area contributed by atoms with Crippen molar-refractivity contribution in [2.24, 2.45) is 0 Å². The number of thioether (sulfide) groups is 1. The molecule has 0 N–H and O–H groups in total. The summed E-state index contributed by atoms with van der Waals surface area (Å²) in [7, 11) is 0. The lowest BCUT2D eigenvalue weighted by atomic mass is 10.1. The Morgan fingerprint density at radius 2 is 2.23 bits per heavy atom. The summed E-state index contributed by atoms with van der Waals surface area (Å²) in [6, 6.07) is 8.74. The van der Waals surface area contributed by atoms with Gasteiger partial charge in [-0.05, 0) is 18.1 Å². The van der Waals surface area contributed by atoms with Gasteiger partial charge < -0.3 is 4.90 Å². The second-order valence-electron chi connectivity index (χ2n) is 3.28. The topological polar surface area (TPSA) is 3.24 Å². The molecule has 0 saturated carbocycles. The summed E-state index contributed by atoms with van der Waals surface area (Å²) in [6.45, 7) is 3.43. The molecule has 1 heterocycles. The normalized spacial score (nSPS) is 16.5. The molecule has 0 amide bonds. The Hall–Kier alpha value is -0.630. The van der Waals surface area contributed by atoms with Gasteiger partial charge in [-0.25, -0.2) is 0 Å². The van der Waals surface area contributed by atoms with E-state index in [9.17, 15) is 0 Å². The molecule has 1 aliphatic rings. The van der Waals surface area contributed by atoms with Gasteiger partial charge in [0.2, 0.25) is 0 Å². The summed E-state index contributed by atoms with van der Waals surface area (Å²) in [5, 5.41) is 0. The van der Waals surface area contributed by atoms with Crippen LogP contribution in [0.1, 0.15) is 12.5 Å². The highest BCUT2D eigenvalue weighted by Crippen LogP contribution is 2.26. The molecule has 0 aliphatic carbocycles. The van der Waals surface area contributed by atoms with Crippen LogP contribution in [0.3, 0.4) is 0 Å². The van der Waals surface area contributed by atoms with Gasteiger partial charge in [-0.1, -0.05) is 25.1 Å². The molecule has 0 spiro atoms. The van der Waals surface area contributed by atoms with Crippen molar-refractivity contribution in [2.75, 3.05) is 23.1 Å². The number of benzene rings is 1. The van der Waals surface area contributed by atoms with Crippen molar-refractivity contribution in [2.45, 2.75) is 13.3 Å². The zero-order valence-corrected chi connectivity index (χ0v) is 8.81. The quantitative estimate of drug-likeness (QED) is 0.710. The summed E-state index contributed by atoms with van der Waals surface area (Å²) >= 11 is 2.02. The number of para-hydroxylation sites is 1. The first-order valence-corrected chi connectivity index (χ1v) is 5.98. The third kappa shape index (κ3) is 1.83. The fraction of sp³-hybridized carbons (Fsp3) is 0.455. The lowest BCUT2D eigenvalue weighted by Crippen LogP contribution is -2.19. The van der Waals surface area contributed by atoms with Gasteiger partial charge in [0.15, 0.2) is 0 Å². The van der Waals surface area contributed by atoms with Crippen molar-refractivity contribution in [3.8, 4) is 0 Å². The maximum Gasteiger partial charge on any atom is 0.0640 e. The van der Waals surface area contributed by atoms with Crippen molar-refractivity contribution in [1.29, 1.82) is 0 Å². The van der Waals surface area contributed by atoms with Crippen LogP contribution in [-0.2, 0) is 6.42 Å². The van der Waals surface area contributed by atoms with Crippen LogP contribution in [-0.4, -0.2) is 18.2 Å². The maximum atomic E-state index is 2.48. The number of nitrogens with zero attached hydrogens (tertiary/aromatic N) is 1. The summed E-state index contributed by atoms with van der Waals surface area (Å²) in [4.78, 5) is 2.48. The van der Waals surface area contributed by atoms with E-state index in [4.69, 9.17) is 0 Å². The fourth-order valence-electron chi connectivity index (χ4n) is 1.72. The molecule has 0 radical (unpaired) electrons. The fourth-order valence-corrected chi connectivity index (χ4v) is 2.69. The Bertz CT molecular complexity index is 279. The average molecular weight is 193 g/mol. The molecule has 2 rings (SSSR count). The average Bonchev–Trinajstić information content (AvgIpc) is 2.70. The molecule has 1 saturated heterocycles. The van der Waals surface area contributed by atoms with Gasteiger partial charge in [0, 0.05) is 18.0 Å². The highest BCUT2D eigenvalue weighted by Gasteiger charge is 2.14. The van der Waals surface area contributed by atoms with Crippen LogP contribution >= 0.6 is 11.8 Å². The third-order valence-corrected chi connectivity index (χ3v) is 3.43. The first-order valence-electron chi connectivity index (χ1n) is 4.82. The van der Waals surface area contributed by atoms with Crippen LogP contribution in [0.5, 0.6) is 0 Å². The van der Waals surface area contributed by atoms with Gasteiger partial charge in [0.25, 0.3) is 0 Å². The Kier molecular flexibility index (Phi) is 2.79. The summed E-state index contributed by atoms with van der Waals surface area (Å²) in [6.07, 6.45) is 1.14. The second kappa shape index (κ2) is 4.05. The number of anilines is 1. The largest absolute Gasteiger partial charge is 0.361 e. The molecule has 1 fully saturated rings. The minimum absolute atomic E-state index is 1.14. The van der Waals surface area contributed by atoms with Gasteiger partial charge in [-0.15, -0.1) is 11.8 Å². The monoisotopic (exact) mass is 193 g/mol. The number of hydrogen-bond acceptors (Lipinski definition) is 2. The van der Waals surface area contributed by atoms with E-state index in [1.54, 1.807) is 0 Å². The molecule has 0 atom stereocenters. The lowest BCUT2D eigenvalue weighted by molar-refractivity contribution is 0.969. The zero-order valence-electron chi connectivity index (χ0n) is 7.99. The highest BCUT2D eigenvalue weighted by atomic mass is 32.2. The first-order chi connectivity index (χ1) is 6.42. The minimum atomic E-state index is 1.14. The van der Waals surface area contributed by atoms with E-state index in [0.717, 1.165) is 12.3 Å². The van der Waals surface area contributed by atoms with E-state index in [1.807, 2.05) is 11.8 Å². The van der Waals surface area contributed by atoms with Gasteiger partial charge in [0.1, 0.15) is 0 Å². The van der Waals surface area contributed by atoms with Crippen molar-refractivity contribution < 1.29 is 0 Å². The highest BCUT2D eigenvalue weighted by molar-refractivity contribution is 7.99. The van der Waals surface area contributed by atoms with Crippen LogP contribution in [0.4, 0.5) is 5.69 Å². The van der Waals surface area contributed by atoms with E-state index in [0.29, 0.717) is 0 Å². The molecule has 1 nitrogen and oxygen atoms in total. The Labute approximate surface area is 84.1 Å². The Morgan fingerprint density at radius 1 is 1.38 bits per heavy atom. The molecular weight excluding hydrogens is 178 g/mol. The Morgan fingerprint density at radius 3 is 2.92 bits per heavy atom. The minimum Gasteiger partial charge on any atom is -0.361 e. The molecule has 1 aromatic rings. The molecule has 0 unspecified atom stereocenters. The van der Waals surface area contributed by atoms with Crippen molar-refractivity contribution in [1.82, 2.24) is 0 Å². The van der Waals surface area contributed by atoms with Gasteiger partial charge >= 0.3 is 0 Å². The van der Waals surface area contributed by atoms with Gasteiger partial charge in [-0.3, -0.25) is 0 Å². The summed E-state index contributed by atoms with van der Waals surface area (Å²) in [5.74, 6) is 2.44. The second-order valence-corrected chi connectivity index (χ2v) is 4.36. The Balaban J connectivity index is 2.26. The van der Waals surface area contributed by atoms with Crippen molar-refractivity contribution >= 4 is 17.4 Å². The molecule has 70 valence electrons. The number of rotatable bonds is 2. The van der Waals surface area contributed by atoms with E-state index in [2.05, 4.69) is 36.1 Å². The van der Waals surface area contributed by atoms with Crippen LogP contribution in [0.2, 0.25) is 0 Å². The molecular formula is C11H15NS. The van der Waals surface area contributed by atoms with Crippen molar-refractivity contribution in [3.63, 3.8) is 0 Å². The van der Waals surface area contributed by atoms with E-state index in [-0.39, 0.29) is 0 Å². The SMILES string of the molecule is CCc1ccccc1N1CCSC1. The molecule has 1 aliphatic heterocycles. The van der Waals surface area contributed by atoms with Crippen molar-refractivity contribution in [3.05, 3.63) is 29.8 Å². The third-order valence-electron chi connectivity index (χ3n) is 2.47. The molecule has 0 bridgehead atoms. The van der Waals surface area contributed by atoms with Crippen LogP contribution < -0.4 is 4.90 Å². The van der Waals surface area contributed by atoms with Crippen LogP contribution in [0, 0.1) is 0 Å². The van der Waals surface area contributed by atoms with E-state index in [1.165, 1.54) is 23.5 Å². The molecule has 0 aromatic heterocycles. The smallest absolute Gasteiger partial charge is 0.0640 e. The summed E-state index contributed by atoms with van der Waals surface area (Å²) < 4.78 is 0. The number of aryl methyl sites for hydroxylation is 1. The standard InChI is InChI=1S/C11H15NS/c1-2-10-5-3-4-6-11(10)12-7-8-13-9-12/h3-6H,2,7-9H2,1H3. The predicted octanol–water partition coefficient (Wildman–Crippen LogP) is 2.76. The number of hydrogen-bond donors (Lipinski definition) is 0. The van der Waals surface area contributed by atoms with Gasteiger partial charge in [-0.2, -0.15) is 0 Å². The van der Waals surface area contributed by atoms with Gasteiger partial charge in [0.05, 0.1) is 5.88 Å².